The van der Waals surface area contributed by atoms with Crippen LogP contribution in [0.5, 0.6) is 0 Å². The Balaban J connectivity index is 3.61. The van der Waals surface area contributed by atoms with Gasteiger partial charge in [-0.15, -0.1) is 0 Å². The Kier molecular flexibility index (Phi) is 4.03. The van der Waals surface area contributed by atoms with Crippen LogP contribution < -0.4 is 10.9 Å². The van der Waals surface area contributed by atoms with Gasteiger partial charge in [0.2, 0.25) is 0 Å². The second-order valence-corrected chi connectivity index (χ2v) is 3.93. The molecule has 0 aromatic rings. The van der Waals surface area contributed by atoms with Crippen LogP contribution in [0.2, 0.25) is 0 Å². The summed E-state index contributed by atoms with van der Waals surface area (Å²) in [7, 11) is 0. The van der Waals surface area contributed by atoms with E-state index in [2.05, 4.69) is 10.9 Å². The van der Waals surface area contributed by atoms with Crippen molar-refractivity contribution in [3.8, 4) is 0 Å². The maximum absolute atomic E-state index is 11.0. The van der Waals surface area contributed by atoms with Crippen LogP contribution in [0.4, 0.5) is 4.79 Å². The normalized spacial score (nSPS) is 11.5. The van der Waals surface area contributed by atoms with Gasteiger partial charge in [0.05, 0.1) is 0 Å². The van der Waals surface area contributed by atoms with E-state index in [4.69, 9.17) is 4.74 Å². The number of rotatable bonds is 2. The first kappa shape index (κ1) is 11.2. The molecule has 12 heavy (non-hydrogen) atoms. The molecular weight excluding hydrogens is 156 g/mol. The maximum atomic E-state index is 11.0. The Morgan fingerprint density at radius 2 is 1.83 bits per heavy atom. The van der Waals surface area contributed by atoms with Crippen molar-refractivity contribution in [2.75, 3.05) is 0 Å². The van der Waals surface area contributed by atoms with Gasteiger partial charge >= 0.3 is 6.09 Å². The number of amides is 1. The van der Waals surface area contributed by atoms with Crippen LogP contribution >= 0.6 is 0 Å². The highest BCUT2D eigenvalue weighted by Gasteiger charge is 2.15. The third-order valence-corrected chi connectivity index (χ3v) is 0.862. The van der Waals surface area contributed by atoms with E-state index in [1.165, 1.54) is 0 Å². The van der Waals surface area contributed by atoms with Gasteiger partial charge in [-0.2, -0.15) is 0 Å². The summed E-state index contributed by atoms with van der Waals surface area (Å²) in [6.07, 6.45) is -0.448. The van der Waals surface area contributed by atoms with Crippen molar-refractivity contribution >= 4 is 6.09 Å². The summed E-state index contributed by atoms with van der Waals surface area (Å²) in [4.78, 5) is 11.0. The second-order valence-electron chi connectivity index (χ2n) is 3.93. The molecule has 1 amide bonds. The summed E-state index contributed by atoms with van der Waals surface area (Å²) in [6.45, 7) is 9.32. The largest absolute Gasteiger partial charge is 0.443 e. The lowest BCUT2D eigenvalue weighted by Crippen LogP contribution is -2.44. The number of carbonyl (C=O) groups is 1. The second kappa shape index (κ2) is 4.30. The van der Waals surface area contributed by atoms with E-state index in [1.807, 2.05) is 34.6 Å². The Morgan fingerprint density at radius 1 is 1.33 bits per heavy atom. The van der Waals surface area contributed by atoms with Crippen molar-refractivity contribution < 1.29 is 9.53 Å². The molecule has 0 aliphatic rings. The molecule has 0 fully saturated rings. The number of carbonyl (C=O) groups excluding carboxylic acids is 1. The van der Waals surface area contributed by atoms with Crippen molar-refractivity contribution in [3.05, 3.63) is 0 Å². The van der Waals surface area contributed by atoms with Crippen molar-refractivity contribution in [3.63, 3.8) is 0 Å². The van der Waals surface area contributed by atoms with Gasteiger partial charge in [-0.1, -0.05) is 0 Å². The third-order valence-electron chi connectivity index (χ3n) is 0.862. The first-order valence-corrected chi connectivity index (χ1v) is 4.06. The van der Waals surface area contributed by atoms with E-state index in [1.54, 1.807) is 0 Å². The molecule has 0 heterocycles. The van der Waals surface area contributed by atoms with E-state index in [-0.39, 0.29) is 6.04 Å². The molecule has 0 unspecified atom stereocenters. The Labute approximate surface area is 73.6 Å². The van der Waals surface area contributed by atoms with Crippen LogP contribution in [0.15, 0.2) is 0 Å². The molecular formula is C8H18N2O2. The molecule has 4 heteroatoms. The zero-order valence-corrected chi connectivity index (χ0v) is 8.39. The third kappa shape index (κ3) is 7.34. The van der Waals surface area contributed by atoms with Crippen molar-refractivity contribution in [1.82, 2.24) is 10.9 Å². The molecule has 0 aliphatic heterocycles. The summed E-state index contributed by atoms with van der Waals surface area (Å²) in [5.41, 5.74) is 4.73. The van der Waals surface area contributed by atoms with Crippen LogP contribution in [-0.2, 0) is 4.74 Å². The van der Waals surface area contributed by atoms with Crippen LogP contribution in [-0.4, -0.2) is 17.7 Å². The lowest BCUT2D eigenvalue weighted by molar-refractivity contribution is 0.0491. The topological polar surface area (TPSA) is 50.4 Å². The first-order chi connectivity index (χ1) is 5.31. The minimum absolute atomic E-state index is 0.206. The number of hydrogen-bond donors (Lipinski definition) is 2. The number of hydrazine groups is 1. The summed E-state index contributed by atoms with van der Waals surface area (Å²) >= 11 is 0. The molecule has 0 spiro atoms. The Bertz CT molecular complexity index is 150. The molecule has 0 bridgehead atoms. The molecule has 0 saturated carbocycles. The van der Waals surface area contributed by atoms with Gasteiger partial charge in [0, 0.05) is 6.04 Å². The highest BCUT2D eigenvalue weighted by molar-refractivity contribution is 5.66. The van der Waals surface area contributed by atoms with Crippen LogP contribution in [0.1, 0.15) is 34.6 Å². The maximum Gasteiger partial charge on any atom is 0.422 e. The van der Waals surface area contributed by atoms with E-state index in [0.717, 1.165) is 0 Å². The predicted molar refractivity (Wildman–Crippen MR) is 47.6 cm³/mol. The van der Waals surface area contributed by atoms with E-state index in [9.17, 15) is 4.79 Å². The van der Waals surface area contributed by atoms with Gasteiger partial charge in [0.25, 0.3) is 0 Å². The fourth-order valence-electron chi connectivity index (χ4n) is 0.507. The number of hydrogen-bond acceptors (Lipinski definition) is 3. The zero-order chi connectivity index (χ0) is 9.78. The molecule has 0 aromatic carbocycles. The fraction of sp³-hybridized carbons (Fsp3) is 0.875. The van der Waals surface area contributed by atoms with Crippen LogP contribution in [0.25, 0.3) is 0 Å². The molecule has 0 aliphatic carbocycles. The Hall–Kier alpha value is -0.770. The van der Waals surface area contributed by atoms with Crippen LogP contribution in [0.3, 0.4) is 0 Å². The van der Waals surface area contributed by atoms with Gasteiger partial charge in [0.15, 0.2) is 0 Å². The quantitative estimate of drug-likeness (QED) is 0.622. The molecule has 0 radical (unpaired) electrons. The Morgan fingerprint density at radius 3 is 2.17 bits per heavy atom. The lowest BCUT2D eigenvalue weighted by atomic mass is 10.2. The molecule has 0 rings (SSSR count). The fourth-order valence-corrected chi connectivity index (χ4v) is 0.507. The summed E-state index contributed by atoms with van der Waals surface area (Å²) in [5.74, 6) is 0. The minimum Gasteiger partial charge on any atom is -0.443 e. The molecule has 2 N–H and O–H groups in total. The van der Waals surface area contributed by atoms with Gasteiger partial charge in [-0.05, 0) is 34.6 Å². The molecule has 0 saturated heterocycles. The van der Waals surface area contributed by atoms with Gasteiger partial charge in [0.1, 0.15) is 5.60 Å². The molecule has 72 valence electrons. The predicted octanol–water partition coefficient (Wildman–Crippen LogP) is 1.42. The first-order valence-electron chi connectivity index (χ1n) is 4.06. The van der Waals surface area contributed by atoms with Crippen molar-refractivity contribution in [1.29, 1.82) is 0 Å². The zero-order valence-electron chi connectivity index (χ0n) is 8.39. The van der Waals surface area contributed by atoms with Crippen molar-refractivity contribution in [2.45, 2.75) is 46.3 Å². The van der Waals surface area contributed by atoms with E-state index < -0.39 is 11.7 Å². The summed E-state index contributed by atoms with van der Waals surface area (Å²) < 4.78 is 4.98. The van der Waals surface area contributed by atoms with Crippen LogP contribution in [0, 0.1) is 0 Å². The van der Waals surface area contributed by atoms with E-state index in [0.29, 0.717) is 0 Å². The standard InChI is InChI=1S/C8H18N2O2/c1-6(2)9-10-7(11)12-8(3,4)5/h6,9H,1-5H3,(H,10,11). The summed E-state index contributed by atoms with van der Waals surface area (Å²) in [6, 6.07) is 0.206. The average molecular weight is 174 g/mol. The number of nitrogens with one attached hydrogen (secondary N) is 2. The highest BCUT2D eigenvalue weighted by atomic mass is 16.6. The van der Waals surface area contributed by atoms with Gasteiger partial charge in [-0.25, -0.2) is 10.2 Å². The SMILES string of the molecule is CC(C)NNC(=O)OC(C)(C)C. The minimum atomic E-state index is -0.448. The molecule has 0 aromatic heterocycles. The molecule has 4 nitrogen and oxygen atoms in total. The van der Waals surface area contributed by atoms with E-state index >= 15 is 0 Å². The highest BCUT2D eigenvalue weighted by Crippen LogP contribution is 2.05. The lowest BCUT2D eigenvalue weighted by Gasteiger charge is -2.20. The smallest absolute Gasteiger partial charge is 0.422 e. The van der Waals surface area contributed by atoms with Gasteiger partial charge < -0.3 is 4.74 Å². The summed E-state index contributed by atoms with van der Waals surface area (Å²) in [5, 5.41) is 0. The monoisotopic (exact) mass is 174 g/mol. The van der Waals surface area contributed by atoms with Gasteiger partial charge in [-0.3, -0.25) is 5.43 Å². The number of ether oxygens (including phenoxy) is 1. The van der Waals surface area contributed by atoms with Crippen molar-refractivity contribution in [2.24, 2.45) is 0 Å². The average Bonchev–Trinajstić information content (AvgIpc) is 1.79. The molecule has 0 atom stereocenters.